The number of aromatic nitrogens is 2. The van der Waals surface area contributed by atoms with Gasteiger partial charge in [-0.1, -0.05) is 31.9 Å². The van der Waals surface area contributed by atoms with Crippen molar-refractivity contribution in [3.05, 3.63) is 79.0 Å². The number of nitrogens with two attached hydrogens (primary N) is 1. The summed E-state index contributed by atoms with van der Waals surface area (Å²) in [6.45, 7) is 0.876. The van der Waals surface area contributed by atoms with Crippen molar-refractivity contribution >= 4 is 82.6 Å². The maximum atomic E-state index is 13.1. The van der Waals surface area contributed by atoms with Crippen LogP contribution in [0.4, 0.5) is 0 Å². The van der Waals surface area contributed by atoms with E-state index in [-0.39, 0.29) is 5.96 Å². The van der Waals surface area contributed by atoms with E-state index in [4.69, 9.17) is 5.73 Å². The van der Waals surface area contributed by atoms with Crippen molar-refractivity contribution in [1.82, 2.24) is 20.2 Å². The van der Waals surface area contributed by atoms with Crippen LogP contribution in [0.1, 0.15) is 17.5 Å². The zero-order chi connectivity index (χ0) is 26.3. The minimum atomic E-state index is -0.864. The lowest BCUT2D eigenvalue weighted by molar-refractivity contribution is -0.485. The summed E-state index contributed by atoms with van der Waals surface area (Å²) in [5, 5.41) is 19.4. The van der Waals surface area contributed by atoms with Crippen molar-refractivity contribution < 1.29 is 14.6 Å². The molecule has 0 radical (unpaired) electrons. The SMILES string of the molecule is NC(=N[N+](=O)[O-])NCCCn1cc(C2=C(c3c[nH]c4ccc(Br)cc34)C(=O)NC2=O)c2cc(Br)ccc21. The quantitative estimate of drug-likeness (QED) is 0.0609. The summed E-state index contributed by atoms with van der Waals surface area (Å²) in [4.78, 5) is 39.8. The van der Waals surface area contributed by atoms with E-state index in [0.29, 0.717) is 41.8 Å². The standard InChI is InChI=1S/C24H19Br2N7O4/c25-12-2-4-18-14(8-12)16(10-29-18)20-21(23(35)30-22(20)34)17-11-32(19-5-3-13(26)9-15(17)19)7-1-6-28-24(27)31-33(36)37/h2-5,8-11,29H,1,6-7H2,(H3,27,28,31)(H,30,34,35). The largest absolute Gasteiger partial charge is 0.365 e. The van der Waals surface area contributed by atoms with Crippen LogP contribution in [-0.2, 0) is 16.1 Å². The fourth-order valence-electron chi connectivity index (χ4n) is 4.51. The van der Waals surface area contributed by atoms with Crippen LogP contribution in [-0.4, -0.2) is 38.9 Å². The Labute approximate surface area is 226 Å². The van der Waals surface area contributed by atoms with Gasteiger partial charge in [-0.05, 0) is 42.8 Å². The fourth-order valence-corrected chi connectivity index (χ4v) is 5.23. The number of carbonyl (C=O) groups is 2. The van der Waals surface area contributed by atoms with E-state index < -0.39 is 16.8 Å². The van der Waals surface area contributed by atoms with E-state index in [9.17, 15) is 19.7 Å². The molecule has 2 amide bonds. The highest BCUT2D eigenvalue weighted by atomic mass is 79.9. The summed E-state index contributed by atoms with van der Waals surface area (Å²) in [5.41, 5.74) is 9.06. The first-order valence-corrected chi connectivity index (χ1v) is 12.7. The van der Waals surface area contributed by atoms with Crippen LogP contribution in [0.3, 0.4) is 0 Å². The van der Waals surface area contributed by atoms with Crippen LogP contribution in [0, 0.1) is 10.1 Å². The lowest BCUT2D eigenvalue weighted by Gasteiger charge is -2.06. The minimum absolute atomic E-state index is 0.270. The van der Waals surface area contributed by atoms with Gasteiger partial charge in [0, 0.05) is 67.4 Å². The predicted octanol–water partition coefficient (Wildman–Crippen LogP) is 3.70. The molecule has 1 aliphatic heterocycles. The number of aryl methyl sites for hydroxylation is 1. The van der Waals surface area contributed by atoms with Gasteiger partial charge >= 0.3 is 0 Å². The number of nitrogens with zero attached hydrogens (tertiary/aromatic N) is 3. The number of rotatable bonds is 7. The van der Waals surface area contributed by atoms with Crippen molar-refractivity contribution in [2.45, 2.75) is 13.0 Å². The van der Waals surface area contributed by atoms with E-state index in [1.165, 1.54) is 0 Å². The molecule has 5 rings (SSSR count). The molecule has 1 aliphatic rings. The van der Waals surface area contributed by atoms with Crippen LogP contribution < -0.4 is 16.4 Å². The number of fused-ring (bicyclic) bond motifs is 2. The normalized spacial score (nSPS) is 14.2. The van der Waals surface area contributed by atoms with Gasteiger partial charge in [0.1, 0.15) is 5.10 Å². The zero-order valence-corrected chi connectivity index (χ0v) is 22.2. The maximum absolute atomic E-state index is 13.1. The molecular weight excluding hydrogens is 610 g/mol. The number of halogens is 2. The van der Waals surface area contributed by atoms with Crippen molar-refractivity contribution in [3.63, 3.8) is 0 Å². The van der Waals surface area contributed by atoms with E-state index in [1.807, 2.05) is 47.2 Å². The van der Waals surface area contributed by atoms with Gasteiger partial charge in [0.05, 0.1) is 11.1 Å². The van der Waals surface area contributed by atoms with Crippen LogP contribution >= 0.6 is 31.9 Å². The monoisotopic (exact) mass is 627 g/mol. The number of aromatic amines is 1. The second-order valence-electron chi connectivity index (χ2n) is 8.33. The summed E-state index contributed by atoms with van der Waals surface area (Å²) in [6.07, 6.45) is 4.16. The van der Waals surface area contributed by atoms with Crippen molar-refractivity contribution in [2.24, 2.45) is 10.8 Å². The Morgan fingerprint density at radius 3 is 2.46 bits per heavy atom. The van der Waals surface area contributed by atoms with Crippen molar-refractivity contribution in [2.75, 3.05) is 6.54 Å². The molecule has 188 valence electrons. The number of benzene rings is 2. The number of nitro groups is 1. The van der Waals surface area contributed by atoms with Crippen LogP contribution in [0.15, 0.2) is 62.8 Å². The molecule has 11 nitrogen and oxygen atoms in total. The molecule has 13 heteroatoms. The lowest BCUT2D eigenvalue weighted by Crippen LogP contribution is -2.33. The summed E-state index contributed by atoms with van der Waals surface area (Å²) < 4.78 is 3.66. The Morgan fingerprint density at radius 2 is 1.73 bits per heavy atom. The summed E-state index contributed by atoms with van der Waals surface area (Å²) >= 11 is 6.99. The summed E-state index contributed by atoms with van der Waals surface area (Å²) in [7, 11) is 0. The zero-order valence-electron chi connectivity index (χ0n) is 19.0. The molecule has 0 fully saturated rings. The third kappa shape index (κ3) is 4.74. The highest BCUT2D eigenvalue weighted by Gasteiger charge is 2.35. The Morgan fingerprint density at radius 1 is 1.05 bits per heavy atom. The number of hydrogen-bond acceptors (Lipinski definition) is 4. The smallest absolute Gasteiger partial charge is 0.266 e. The number of hydrogen-bond donors (Lipinski definition) is 4. The number of imide groups is 1. The number of carbonyl (C=O) groups excluding carboxylic acids is 2. The van der Waals surface area contributed by atoms with E-state index in [1.54, 1.807) is 6.20 Å². The van der Waals surface area contributed by atoms with Gasteiger partial charge in [-0.3, -0.25) is 14.9 Å². The van der Waals surface area contributed by atoms with Crippen LogP contribution in [0.25, 0.3) is 33.0 Å². The third-order valence-electron chi connectivity index (χ3n) is 6.03. The Bertz CT molecular complexity index is 1670. The Hall–Kier alpha value is -3.97. The molecule has 0 saturated heterocycles. The van der Waals surface area contributed by atoms with Gasteiger partial charge in [-0.2, -0.15) is 0 Å². The van der Waals surface area contributed by atoms with Crippen LogP contribution in [0.5, 0.6) is 0 Å². The Balaban J connectivity index is 1.58. The Kier molecular flexibility index (Phi) is 6.56. The van der Waals surface area contributed by atoms with Gasteiger partial charge in [0.2, 0.25) is 0 Å². The van der Waals surface area contributed by atoms with Gasteiger partial charge in [-0.25, -0.2) is 10.1 Å². The first-order chi connectivity index (χ1) is 17.7. The summed E-state index contributed by atoms with van der Waals surface area (Å²) in [6, 6.07) is 11.4. The van der Waals surface area contributed by atoms with Crippen LogP contribution in [0.2, 0.25) is 0 Å². The third-order valence-corrected chi connectivity index (χ3v) is 7.01. The average Bonchev–Trinajstić information content (AvgIpc) is 3.48. The molecule has 0 spiro atoms. The molecule has 0 unspecified atom stereocenters. The second-order valence-corrected chi connectivity index (χ2v) is 10.2. The molecule has 37 heavy (non-hydrogen) atoms. The molecule has 4 aromatic rings. The van der Waals surface area contributed by atoms with Gasteiger partial charge < -0.3 is 20.6 Å². The first kappa shape index (κ1) is 24.7. The lowest BCUT2D eigenvalue weighted by atomic mass is 9.95. The predicted molar refractivity (Wildman–Crippen MR) is 147 cm³/mol. The first-order valence-electron chi connectivity index (χ1n) is 11.1. The highest BCUT2D eigenvalue weighted by molar-refractivity contribution is 9.10. The highest BCUT2D eigenvalue weighted by Crippen LogP contribution is 2.39. The number of hydrazone groups is 1. The van der Waals surface area contributed by atoms with Gasteiger partial charge in [0.15, 0.2) is 5.03 Å². The number of amides is 2. The fraction of sp³-hybridized carbons (Fsp3) is 0.125. The summed E-state index contributed by atoms with van der Waals surface area (Å²) in [5.74, 6) is -1.19. The molecule has 5 N–H and O–H groups in total. The van der Waals surface area contributed by atoms with Crippen molar-refractivity contribution in [3.8, 4) is 0 Å². The molecule has 2 aromatic carbocycles. The van der Waals surface area contributed by atoms with Gasteiger partial charge in [-0.15, -0.1) is 0 Å². The average molecular weight is 629 g/mol. The molecule has 3 heterocycles. The van der Waals surface area contributed by atoms with Gasteiger partial charge in [0.25, 0.3) is 17.8 Å². The maximum Gasteiger partial charge on any atom is 0.266 e. The van der Waals surface area contributed by atoms with E-state index >= 15 is 0 Å². The second kappa shape index (κ2) is 9.82. The molecular formula is C24H19Br2N7O4. The molecule has 0 bridgehead atoms. The molecule has 0 saturated carbocycles. The van der Waals surface area contributed by atoms with Crippen molar-refractivity contribution in [1.29, 1.82) is 0 Å². The van der Waals surface area contributed by atoms with E-state index in [0.717, 1.165) is 30.8 Å². The number of guanidine groups is 1. The van der Waals surface area contributed by atoms with E-state index in [2.05, 4.69) is 52.6 Å². The number of H-pyrrole nitrogens is 1. The number of nitrogens with one attached hydrogen (secondary N) is 3. The molecule has 0 atom stereocenters. The molecule has 0 aliphatic carbocycles. The minimum Gasteiger partial charge on any atom is -0.365 e. The molecule has 2 aromatic heterocycles. The topological polar surface area (TPSA) is 160 Å².